The van der Waals surface area contributed by atoms with Crippen molar-refractivity contribution in [2.24, 2.45) is 5.73 Å². The number of nitrogens with zero attached hydrogens (tertiary/aromatic N) is 2. The van der Waals surface area contributed by atoms with Crippen molar-refractivity contribution in [1.82, 2.24) is 14.7 Å². The molecule has 2 aromatic heterocycles. The van der Waals surface area contributed by atoms with Gasteiger partial charge in [0.2, 0.25) is 0 Å². The molecule has 0 spiro atoms. The van der Waals surface area contributed by atoms with Crippen LogP contribution in [-0.2, 0) is 12.8 Å². The Morgan fingerprint density at radius 1 is 1.21 bits per heavy atom. The SMILES string of the molecule is CCNC(=O)c1ccn2c3c(nc2c1)C[C@H](c1cc(F)c(F)cc1F)[C@@H](N)C3. The number of rotatable bonds is 3. The van der Waals surface area contributed by atoms with E-state index in [2.05, 4.69) is 10.3 Å². The predicted molar refractivity (Wildman–Crippen MR) is 97.6 cm³/mol. The minimum atomic E-state index is -1.23. The lowest BCUT2D eigenvalue weighted by atomic mass is 9.80. The van der Waals surface area contributed by atoms with Crippen molar-refractivity contribution in [3.05, 3.63) is 70.4 Å². The summed E-state index contributed by atoms with van der Waals surface area (Å²) in [5, 5.41) is 2.74. The van der Waals surface area contributed by atoms with Crippen LogP contribution in [0, 0.1) is 17.5 Å². The van der Waals surface area contributed by atoms with Gasteiger partial charge < -0.3 is 15.5 Å². The molecule has 0 unspecified atom stereocenters. The van der Waals surface area contributed by atoms with Gasteiger partial charge in [-0.2, -0.15) is 0 Å². The van der Waals surface area contributed by atoms with Crippen LogP contribution in [-0.4, -0.2) is 27.9 Å². The third kappa shape index (κ3) is 3.03. The van der Waals surface area contributed by atoms with Crippen molar-refractivity contribution in [3.8, 4) is 0 Å². The lowest BCUT2D eigenvalue weighted by molar-refractivity contribution is 0.0956. The normalized spacial score (nSPS) is 18.9. The molecule has 8 heteroatoms. The fourth-order valence-electron chi connectivity index (χ4n) is 3.82. The molecule has 1 aromatic carbocycles. The smallest absolute Gasteiger partial charge is 0.251 e. The number of halogens is 3. The van der Waals surface area contributed by atoms with Gasteiger partial charge in [-0.3, -0.25) is 4.79 Å². The molecule has 28 heavy (non-hydrogen) atoms. The quantitative estimate of drug-likeness (QED) is 0.678. The number of amides is 1. The van der Waals surface area contributed by atoms with E-state index in [4.69, 9.17) is 5.73 Å². The van der Waals surface area contributed by atoms with Crippen LogP contribution < -0.4 is 11.1 Å². The molecule has 0 bridgehead atoms. The minimum Gasteiger partial charge on any atom is -0.352 e. The van der Waals surface area contributed by atoms with Gasteiger partial charge in [0.25, 0.3) is 5.91 Å². The Kier molecular flexibility index (Phi) is 4.58. The summed E-state index contributed by atoms with van der Waals surface area (Å²) in [6, 6.07) is 4.34. The molecule has 3 N–H and O–H groups in total. The third-order valence-corrected chi connectivity index (χ3v) is 5.21. The summed E-state index contributed by atoms with van der Waals surface area (Å²) in [5.41, 5.74) is 8.99. The molecule has 0 saturated carbocycles. The van der Waals surface area contributed by atoms with Gasteiger partial charge in [-0.25, -0.2) is 18.2 Å². The Morgan fingerprint density at radius 3 is 2.71 bits per heavy atom. The van der Waals surface area contributed by atoms with Gasteiger partial charge in [-0.15, -0.1) is 0 Å². The first-order valence-corrected chi connectivity index (χ1v) is 9.07. The first kappa shape index (κ1) is 18.5. The number of fused-ring (bicyclic) bond motifs is 3. The maximum Gasteiger partial charge on any atom is 0.251 e. The second-order valence-electron chi connectivity index (χ2n) is 6.97. The second kappa shape index (κ2) is 6.94. The van der Waals surface area contributed by atoms with Crippen LogP contribution in [0.1, 0.15) is 40.2 Å². The van der Waals surface area contributed by atoms with Crippen molar-refractivity contribution in [1.29, 1.82) is 0 Å². The molecule has 1 amide bonds. The van der Waals surface area contributed by atoms with Crippen LogP contribution in [0.5, 0.6) is 0 Å². The molecule has 0 aliphatic heterocycles. The predicted octanol–water partition coefficient (Wildman–Crippen LogP) is 2.71. The van der Waals surface area contributed by atoms with Crippen LogP contribution in [0.4, 0.5) is 13.2 Å². The van der Waals surface area contributed by atoms with Gasteiger partial charge in [0, 0.05) is 48.4 Å². The van der Waals surface area contributed by atoms with E-state index in [-0.39, 0.29) is 11.5 Å². The summed E-state index contributed by atoms with van der Waals surface area (Å²) < 4.78 is 43.0. The number of imidazole rings is 1. The monoisotopic (exact) mass is 388 g/mol. The molecule has 3 aromatic rings. The Balaban J connectivity index is 1.72. The third-order valence-electron chi connectivity index (χ3n) is 5.21. The highest BCUT2D eigenvalue weighted by Gasteiger charge is 2.33. The molecule has 0 fully saturated rings. The van der Waals surface area contributed by atoms with Crippen LogP contribution in [0.2, 0.25) is 0 Å². The molecule has 2 atom stereocenters. The Morgan fingerprint density at radius 2 is 1.96 bits per heavy atom. The maximum atomic E-state index is 14.3. The van der Waals surface area contributed by atoms with E-state index in [0.29, 0.717) is 42.4 Å². The highest BCUT2D eigenvalue weighted by Crippen LogP contribution is 2.34. The summed E-state index contributed by atoms with van der Waals surface area (Å²) in [4.78, 5) is 16.6. The van der Waals surface area contributed by atoms with Gasteiger partial charge in [0.1, 0.15) is 11.5 Å². The van der Waals surface area contributed by atoms with Crippen LogP contribution in [0.25, 0.3) is 5.65 Å². The van der Waals surface area contributed by atoms with E-state index in [1.54, 1.807) is 18.3 Å². The van der Waals surface area contributed by atoms with E-state index in [1.807, 2.05) is 11.3 Å². The highest BCUT2D eigenvalue weighted by molar-refractivity contribution is 5.95. The Hall–Kier alpha value is -2.87. The molecule has 5 nitrogen and oxygen atoms in total. The topological polar surface area (TPSA) is 72.4 Å². The fourth-order valence-corrected chi connectivity index (χ4v) is 3.82. The first-order chi connectivity index (χ1) is 13.4. The van der Waals surface area contributed by atoms with E-state index >= 15 is 0 Å². The van der Waals surface area contributed by atoms with Gasteiger partial charge in [-0.1, -0.05) is 0 Å². The van der Waals surface area contributed by atoms with Gasteiger partial charge in [0.15, 0.2) is 11.6 Å². The summed E-state index contributed by atoms with van der Waals surface area (Å²) >= 11 is 0. The number of hydrogen-bond acceptors (Lipinski definition) is 3. The molecule has 1 aliphatic rings. The fraction of sp³-hybridized carbons (Fsp3) is 0.300. The second-order valence-corrected chi connectivity index (χ2v) is 6.97. The number of benzene rings is 1. The van der Waals surface area contributed by atoms with Crippen LogP contribution >= 0.6 is 0 Å². The lowest BCUT2D eigenvalue weighted by Gasteiger charge is -2.29. The largest absolute Gasteiger partial charge is 0.352 e. The van der Waals surface area contributed by atoms with Crippen molar-refractivity contribution in [2.75, 3.05) is 6.54 Å². The van der Waals surface area contributed by atoms with Gasteiger partial charge in [0.05, 0.1) is 5.69 Å². The van der Waals surface area contributed by atoms with Crippen molar-refractivity contribution >= 4 is 11.6 Å². The van der Waals surface area contributed by atoms with Crippen LogP contribution in [0.3, 0.4) is 0 Å². The van der Waals surface area contributed by atoms with E-state index < -0.39 is 29.4 Å². The number of carbonyl (C=O) groups excluding carboxylic acids is 1. The molecule has 2 heterocycles. The van der Waals surface area contributed by atoms with Crippen molar-refractivity contribution < 1.29 is 18.0 Å². The Labute approximate surface area is 159 Å². The van der Waals surface area contributed by atoms with Gasteiger partial charge >= 0.3 is 0 Å². The standard InChI is InChI=1S/C20H19F3N4O/c1-2-25-20(28)10-3-4-27-18-9-16(24)12(7-17(18)26-19(27)5-10)11-6-14(22)15(23)8-13(11)21/h3-6,8,12,16H,2,7,9,24H2,1H3,(H,25,28)/t12-,16+/m1/s1. The molecule has 0 saturated heterocycles. The molecule has 1 aliphatic carbocycles. The zero-order chi connectivity index (χ0) is 20.0. The molecule has 4 rings (SSSR count). The minimum absolute atomic E-state index is 0.0529. The average Bonchev–Trinajstić information content (AvgIpc) is 3.01. The Bertz CT molecular complexity index is 1080. The first-order valence-electron chi connectivity index (χ1n) is 9.07. The number of nitrogens with two attached hydrogens (primary N) is 1. The van der Waals surface area contributed by atoms with E-state index in [1.165, 1.54) is 0 Å². The van der Waals surface area contributed by atoms with Crippen molar-refractivity contribution in [2.45, 2.75) is 31.7 Å². The highest BCUT2D eigenvalue weighted by atomic mass is 19.2. The summed E-state index contributed by atoms with van der Waals surface area (Å²) in [5.74, 6) is -3.85. The molecular weight excluding hydrogens is 369 g/mol. The summed E-state index contributed by atoms with van der Waals surface area (Å²) in [6.07, 6.45) is 2.47. The number of aromatic nitrogens is 2. The number of nitrogens with one attached hydrogen (secondary N) is 1. The summed E-state index contributed by atoms with van der Waals surface area (Å²) in [6.45, 7) is 2.36. The lowest BCUT2D eigenvalue weighted by Crippen LogP contribution is -2.37. The summed E-state index contributed by atoms with van der Waals surface area (Å²) in [7, 11) is 0. The van der Waals surface area contributed by atoms with Crippen molar-refractivity contribution in [3.63, 3.8) is 0 Å². The van der Waals surface area contributed by atoms with E-state index in [0.717, 1.165) is 11.8 Å². The average molecular weight is 388 g/mol. The molecular formula is C20H19F3N4O. The van der Waals surface area contributed by atoms with Gasteiger partial charge in [-0.05, 0) is 37.1 Å². The van der Waals surface area contributed by atoms with Crippen LogP contribution in [0.15, 0.2) is 30.5 Å². The zero-order valence-electron chi connectivity index (χ0n) is 15.2. The van der Waals surface area contributed by atoms with E-state index in [9.17, 15) is 18.0 Å². The number of carbonyl (C=O) groups is 1. The molecule has 0 radical (unpaired) electrons. The number of pyridine rings is 1. The number of hydrogen-bond donors (Lipinski definition) is 2. The zero-order valence-corrected chi connectivity index (χ0v) is 15.2. The maximum absolute atomic E-state index is 14.3. The molecule has 146 valence electrons.